The minimum absolute atomic E-state index is 0.334. The summed E-state index contributed by atoms with van der Waals surface area (Å²) in [7, 11) is 0. The monoisotopic (exact) mass is 291 g/mol. The van der Waals surface area contributed by atoms with E-state index in [0.29, 0.717) is 12.1 Å². The van der Waals surface area contributed by atoms with Crippen molar-refractivity contribution in [2.45, 2.75) is 52.2 Å². The molecule has 2 unspecified atom stereocenters. The first kappa shape index (κ1) is 16.2. The van der Waals surface area contributed by atoms with Gasteiger partial charge in [0, 0.05) is 37.5 Å². The van der Waals surface area contributed by atoms with Crippen LogP contribution in [-0.4, -0.2) is 37.3 Å². The molecule has 2 atom stereocenters. The number of nitrogens with one attached hydrogen (secondary N) is 1. The summed E-state index contributed by atoms with van der Waals surface area (Å²) in [5.74, 6) is 1.12. The zero-order valence-corrected chi connectivity index (χ0v) is 13.6. The lowest BCUT2D eigenvalue weighted by Gasteiger charge is -2.35. The number of piperidine rings is 1. The third-order valence-electron chi connectivity index (χ3n) is 4.06. The van der Waals surface area contributed by atoms with Gasteiger partial charge in [0.15, 0.2) is 0 Å². The Bertz CT molecular complexity index is 422. The quantitative estimate of drug-likeness (QED) is 0.837. The maximum atomic E-state index is 5.81. The first-order chi connectivity index (χ1) is 10.3. The van der Waals surface area contributed by atoms with Crippen molar-refractivity contribution in [1.82, 2.24) is 10.3 Å². The number of aromatic nitrogens is 1. The standard InChI is InChI=1S/C17H29N3O/c1-4-10-18-14(3)16-9-6-11-19-17(16)20-12-7-8-15(13-20)21-5-2/h6,9,11,14-15,18H,4-5,7-8,10,12-13H2,1-3H3. The van der Waals surface area contributed by atoms with Crippen LogP contribution in [0, 0.1) is 0 Å². The summed E-state index contributed by atoms with van der Waals surface area (Å²) < 4.78 is 5.81. The molecule has 1 aliphatic heterocycles. The Balaban J connectivity index is 2.11. The minimum Gasteiger partial charge on any atom is -0.377 e. The summed E-state index contributed by atoms with van der Waals surface area (Å²) in [4.78, 5) is 7.05. The topological polar surface area (TPSA) is 37.4 Å². The van der Waals surface area contributed by atoms with Gasteiger partial charge >= 0.3 is 0 Å². The zero-order chi connectivity index (χ0) is 15.1. The Morgan fingerprint density at radius 3 is 3.10 bits per heavy atom. The van der Waals surface area contributed by atoms with E-state index in [1.807, 2.05) is 12.3 Å². The Morgan fingerprint density at radius 2 is 2.33 bits per heavy atom. The van der Waals surface area contributed by atoms with E-state index >= 15 is 0 Å². The Labute approximate surface area is 128 Å². The molecule has 2 rings (SSSR count). The van der Waals surface area contributed by atoms with Crippen LogP contribution >= 0.6 is 0 Å². The molecule has 1 fully saturated rings. The summed E-state index contributed by atoms with van der Waals surface area (Å²) in [6.07, 6.45) is 5.73. The van der Waals surface area contributed by atoms with Gasteiger partial charge < -0.3 is 15.0 Å². The van der Waals surface area contributed by atoms with E-state index < -0.39 is 0 Å². The molecular formula is C17H29N3O. The first-order valence-corrected chi connectivity index (χ1v) is 8.31. The van der Waals surface area contributed by atoms with Crippen molar-refractivity contribution in [3.8, 4) is 0 Å². The highest BCUT2D eigenvalue weighted by Gasteiger charge is 2.24. The van der Waals surface area contributed by atoms with Crippen molar-refractivity contribution < 1.29 is 4.74 Å². The molecule has 4 nitrogen and oxygen atoms in total. The molecule has 118 valence electrons. The summed E-state index contributed by atoms with van der Waals surface area (Å²) in [5.41, 5.74) is 1.29. The van der Waals surface area contributed by atoms with Gasteiger partial charge in [0.25, 0.3) is 0 Å². The summed E-state index contributed by atoms with van der Waals surface area (Å²) in [6.45, 7) is 10.4. The molecular weight excluding hydrogens is 262 g/mol. The largest absolute Gasteiger partial charge is 0.377 e. The van der Waals surface area contributed by atoms with Crippen LogP contribution in [0.2, 0.25) is 0 Å². The van der Waals surface area contributed by atoms with Gasteiger partial charge in [0.1, 0.15) is 5.82 Å². The third kappa shape index (κ3) is 4.42. The van der Waals surface area contributed by atoms with Gasteiger partial charge in [-0.25, -0.2) is 4.98 Å². The van der Waals surface area contributed by atoms with Crippen LogP contribution in [-0.2, 0) is 4.74 Å². The SMILES string of the molecule is CCCNC(C)c1cccnc1N1CCCC(OCC)C1. The molecule has 0 aromatic carbocycles. The average molecular weight is 291 g/mol. The Hall–Kier alpha value is -1.13. The van der Waals surface area contributed by atoms with E-state index in [9.17, 15) is 0 Å². The van der Waals surface area contributed by atoms with E-state index in [1.165, 1.54) is 12.0 Å². The van der Waals surface area contributed by atoms with Gasteiger partial charge in [-0.2, -0.15) is 0 Å². The molecule has 1 saturated heterocycles. The van der Waals surface area contributed by atoms with Crippen LogP contribution in [0.5, 0.6) is 0 Å². The van der Waals surface area contributed by atoms with Gasteiger partial charge in [0.2, 0.25) is 0 Å². The molecule has 0 amide bonds. The van der Waals surface area contributed by atoms with Crippen molar-refractivity contribution in [3.05, 3.63) is 23.9 Å². The molecule has 0 bridgehead atoms. The smallest absolute Gasteiger partial charge is 0.133 e. The van der Waals surface area contributed by atoms with Crippen LogP contribution in [0.25, 0.3) is 0 Å². The predicted octanol–water partition coefficient (Wildman–Crippen LogP) is 3.15. The lowest BCUT2D eigenvalue weighted by Crippen LogP contribution is -2.41. The highest BCUT2D eigenvalue weighted by atomic mass is 16.5. The van der Waals surface area contributed by atoms with E-state index in [2.05, 4.69) is 42.0 Å². The number of hydrogen-bond acceptors (Lipinski definition) is 4. The Morgan fingerprint density at radius 1 is 1.48 bits per heavy atom. The zero-order valence-electron chi connectivity index (χ0n) is 13.6. The molecule has 4 heteroatoms. The molecule has 1 N–H and O–H groups in total. The molecule has 21 heavy (non-hydrogen) atoms. The van der Waals surface area contributed by atoms with Crippen molar-refractivity contribution >= 4 is 5.82 Å². The van der Waals surface area contributed by atoms with Crippen LogP contribution in [0.1, 0.15) is 51.6 Å². The van der Waals surface area contributed by atoms with E-state index in [0.717, 1.165) is 44.9 Å². The van der Waals surface area contributed by atoms with Crippen molar-refractivity contribution in [2.75, 3.05) is 31.1 Å². The normalized spacial score (nSPS) is 20.5. The number of rotatable bonds is 7. The fraction of sp³-hybridized carbons (Fsp3) is 0.706. The third-order valence-corrected chi connectivity index (χ3v) is 4.06. The van der Waals surface area contributed by atoms with Crippen LogP contribution < -0.4 is 10.2 Å². The fourth-order valence-corrected chi connectivity index (χ4v) is 2.98. The second-order valence-corrected chi connectivity index (χ2v) is 5.76. The lowest BCUT2D eigenvalue weighted by atomic mass is 10.0. The molecule has 2 heterocycles. The summed E-state index contributed by atoms with van der Waals surface area (Å²) >= 11 is 0. The van der Waals surface area contributed by atoms with Crippen molar-refractivity contribution in [3.63, 3.8) is 0 Å². The first-order valence-electron chi connectivity index (χ1n) is 8.31. The molecule has 0 spiro atoms. The molecule has 1 aromatic heterocycles. The number of ether oxygens (including phenoxy) is 1. The summed E-state index contributed by atoms with van der Waals surface area (Å²) in [6, 6.07) is 4.56. The van der Waals surface area contributed by atoms with Crippen LogP contribution in [0.4, 0.5) is 5.82 Å². The number of anilines is 1. The predicted molar refractivity (Wildman–Crippen MR) is 87.8 cm³/mol. The number of hydrogen-bond donors (Lipinski definition) is 1. The molecule has 1 aliphatic rings. The summed E-state index contributed by atoms with van der Waals surface area (Å²) in [5, 5.41) is 3.57. The molecule has 0 radical (unpaired) electrons. The highest BCUT2D eigenvalue weighted by molar-refractivity contribution is 5.48. The van der Waals surface area contributed by atoms with Gasteiger partial charge in [-0.05, 0) is 45.7 Å². The number of nitrogens with zero attached hydrogens (tertiary/aromatic N) is 2. The van der Waals surface area contributed by atoms with Gasteiger partial charge in [0.05, 0.1) is 6.10 Å². The van der Waals surface area contributed by atoms with Crippen LogP contribution in [0.3, 0.4) is 0 Å². The maximum absolute atomic E-state index is 5.81. The average Bonchev–Trinajstić information content (AvgIpc) is 2.53. The molecule has 0 saturated carbocycles. The fourth-order valence-electron chi connectivity index (χ4n) is 2.98. The lowest BCUT2D eigenvalue weighted by molar-refractivity contribution is 0.0524. The maximum Gasteiger partial charge on any atom is 0.133 e. The van der Waals surface area contributed by atoms with Crippen LogP contribution in [0.15, 0.2) is 18.3 Å². The van der Waals surface area contributed by atoms with Crippen molar-refractivity contribution in [2.24, 2.45) is 0 Å². The van der Waals surface area contributed by atoms with E-state index in [-0.39, 0.29) is 0 Å². The van der Waals surface area contributed by atoms with Gasteiger partial charge in [-0.15, -0.1) is 0 Å². The van der Waals surface area contributed by atoms with E-state index in [4.69, 9.17) is 4.74 Å². The van der Waals surface area contributed by atoms with Gasteiger partial charge in [-0.3, -0.25) is 0 Å². The minimum atomic E-state index is 0.334. The Kier molecular flexibility index (Phi) is 6.46. The van der Waals surface area contributed by atoms with Crippen molar-refractivity contribution in [1.29, 1.82) is 0 Å². The second-order valence-electron chi connectivity index (χ2n) is 5.76. The van der Waals surface area contributed by atoms with E-state index in [1.54, 1.807) is 0 Å². The van der Waals surface area contributed by atoms with Gasteiger partial charge in [-0.1, -0.05) is 13.0 Å². The number of pyridine rings is 1. The highest BCUT2D eigenvalue weighted by Crippen LogP contribution is 2.27. The molecule has 1 aromatic rings. The molecule has 0 aliphatic carbocycles. The second kappa shape index (κ2) is 8.35.